The number of hydrogen-bond donors (Lipinski definition) is 1. The van der Waals surface area contributed by atoms with Crippen LogP contribution in [-0.2, 0) is 6.42 Å². The highest BCUT2D eigenvalue weighted by Crippen LogP contribution is 2.25. The fourth-order valence-corrected chi connectivity index (χ4v) is 2.20. The highest BCUT2D eigenvalue weighted by atomic mass is 16.5. The van der Waals surface area contributed by atoms with E-state index in [9.17, 15) is 0 Å². The number of pyridine rings is 1. The van der Waals surface area contributed by atoms with E-state index in [1.807, 2.05) is 24.4 Å². The van der Waals surface area contributed by atoms with Crippen molar-refractivity contribution in [1.29, 1.82) is 0 Å². The molecule has 0 saturated heterocycles. The first-order chi connectivity index (χ1) is 9.35. The van der Waals surface area contributed by atoms with Crippen molar-refractivity contribution in [3.05, 3.63) is 59.9 Å². The number of rotatable bonds is 6. The molecule has 1 heterocycles. The summed E-state index contributed by atoms with van der Waals surface area (Å²) in [6, 6.07) is 14.5. The Morgan fingerprint density at radius 2 is 1.95 bits per heavy atom. The molecule has 0 spiro atoms. The van der Waals surface area contributed by atoms with Gasteiger partial charge in [0.2, 0.25) is 0 Å². The Labute approximate surface area is 114 Å². The minimum absolute atomic E-state index is 0.170. The van der Waals surface area contributed by atoms with Crippen molar-refractivity contribution in [2.75, 3.05) is 13.7 Å². The minimum atomic E-state index is 0.170. The van der Waals surface area contributed by atoms with Crippen LogP contribution in [0.1, 0.15) is 24.2 Å². The van der Waals surface area contributed by atoms with Crippen LogP contribution in [0.25, 0.3) is 0 Å². The molecule has 0 amide bonds. The number of nitrogens with one attached hydrogen (secondary N) is 1. The lowest BCUT2D eigenvalue weighted by atomic mass is 10.0. The molecule has 1 aromatic carbocycles. The zero-order valence-electron chi connectivity index (χ0n) is 11.5. The molecule has 0 saturated carbocycles. The summed E-state index contributed by atoms with van der Waals surface area (Å²) in [7, 11) is 1.69. The van der Waals surface area contributed by atoms with Crippen molar-refractivity contribution in [2.45, 2.75) is 19.4 Å². The summed E-state index contributed by atoms with van der Waals surface area (Å²) < 4.78 is 5.41. The van der Waals surface area contributed by atoms with Crippen molar-refractivity contribution in [3.8, 4) is 5.75 Å². The lowest BCUT2D eigenvalue weighted by Crippen LogP contribution is -2.24. The summed E-state index contributed by atoms with van der Waals surface area (Å²) in [6.45, 7) is 3.00. The van der Waals surface area contributed by atoms with Gasteiger partial charge in [-0.15, -0.1) is 0 Å². The first-order valence-corrected chi connectivity index (χ1v) is 6.61. The van der Waals surface area contributed by atoms with E-state index in [2.05, 4.69) is 41.5 Å². The summed E-state index contributed by atoms with van der Waals surface area (Å²) in [6.07, 6.45) is 2.72. The molecule has 0 aliphatic carbocycles. The van der Waals surface area contributed by atoms with Gasteiger partial charge in [0.05, 0.1) is 18.8 Å². The lowest BCUT2D eigenvalue weighted by Gasteiger charge is -2.19. The van der Waals surface area contributed by atoms with Crippen molar-refractivity contribution in [1.82, 2.24) is 10.3 Å². The topological polar surface area (TPSA) is 34.2 Å². The molecular formula is C16H20N2O. The van der Waals surface area contributed by atoms with Gasteiger partial charge in [-0.2, -0.15) is 0 Å². The molecule has 0 aliphatic heterocycles. The maximum absolute atomic E-state index is 5.41. The quantitative estimate of drug-likeness (QED) is 0.862. The van der Waals surface area contributed by atoms with E-state index >= 15 is 0 Å². The van der Waals surface area contributed by atoms with Crippen LogP contribution in [-0.4, -0.2) is 18.6 Å². The first-order valence-electron chi connectivity index (χ1n) is 6.61. The average Bonchev–Trinajstić information content (AvgIpc) is 2.48. The predicted molar refractivity (Wildman–Crippen MR) is 77.4 cm³/mol. The number of benzene rings is 1. The SMILES string of the molecule is CCNC(Cc1ccccc1)c1ncccc1OC. The summed E-state index contributed by atoms with van der Waals surface area (Å²) in [5.41, 5.74) is 2.26. The smallest absolute Gasteiger partial charge is 0.141 e. The largest absolute Gasteiger partial charge is 0.495 e. The Hall–Kier alpha value is -1.87. The van der Waals surface area contributed by atoms with Gasteiger partial charge in [-0.25, -0.2) is 0 Å². The molecule has 3 heteroatoms. The van der Waals surface area contributed by atoms with E-state index < -0.39 is 0 Å². The van der Waals surface area contributed by atoms with Crippen molar-refractivity contribution in [2.24, 2.45) is 0 Å². The van der Waals surface area contributed by atoms with Crippen LogP contribution < -0.4 is 10.1 Å². The average molecular weight is 256 g/mol. The fraction of sp³-hybridized carbons (Fsp3) is 0.312. The molecule has 1 atom stereocenters. The molecule has 3 nitrogen and oxygen atoms in total. The van der Waals surface area contributed by atoms with E-state index in [-0.39, 0.29) is 6.04 Å². The van der Waals surface area contributed by atoms with Crippen LogP contribution in [0.4, 0.5) is 0 Å². The van der Waals surface area contributed by atoms with Gasteiger partial charge in [0.15, 0.2) is 0 Å². The summed E-state index contributed by atoms with van der Waals surface area (Å²) in [4.78, 5) is 4.48. The normalized spacial score (nSPS) is 12.1. The number of likely N-dealkylation sites (N-methyl/N-ethyl adjacent to an activating group) is 1. The van der Waals surface area contributed by atoms with Gasteiger partial charge in [0.25, 0.3) is 0 Å². The number of aromatic nitrogens is 1. The second kappa shape index (κ2) is 6.90. The first kappa shape index (κ1) is 13.6. The van der Waals surface area contributed by atoms with Crippen molar-refractivity contribution < 1.29 is 4.74 Å². The maximum Gasteiger partial charge on any atom is 0.141 e. The lowest BCUT2D eigenvalue weighted by molar-refractivity contribution is 0.394. The van der Waals surface area contributed by atoms with Gasteiger partial charge in [-0.05, 0) is 30.7 Å². The Morgan fingerprint density at radius 3 is 2.63 bits per heavy atom. The predicted octanol–water partition coefficient (Wildman–Crippen LogP) is 2.98. The molecule has 1 N–H and O–H groups in total. The number of hydrogen-bond acceptors (Lipinski definition) is 3. The highest BCUT2D eigenvalue weighted by molar-refractivity contribution is 5.31. The summed E-state index contributed by atoms with van der Waals surface area (Å²) in [5.74, 6) is 0.837. The monoisotopic (exact) mass is 256 g/mol. The van der Waals surface area contributed by atoms with Crippen LogP contribution >= 0.6 is 0 Å². The molecular weight excluding hydrogens is 236 g/mol. The zero-order valence-corrected chi connectivity index (χ0v) is 11.5. The van der Waals surface area contributed by atoms with E-state index in [0.717, 1.165) is 24.4 Å². The molecule has 0 aliphatic rings. The second-order valence-corrected chi connectivity index (χ2v) is 4.39. The Balaban J connectivity index is 2.24. The van der Waals surface area contributed by atoms with Gasteiger partial charge < -0.3 is 10.1 Å². The van der Waals surface area contributed by atoms with Gasteiger partial charge in [-0.1, -0.05) is 37.3 Å². The second-order valence-electron chi connectivity index (χ2n) is 4.39. The van der Waals surface area contributed by atoms with E-state index in [0.29, 0.717) is 0 Å². The Bertz CT molecular complexity index is 499. The molecule has 2 rings (SSSR count). The van der Waals surface area contributed by atoms with Gasteiger partial charge in [0, 0.05) is 6.20 Å². The number of ether oxygens (including phenoxy) is 1. The Kier molecular flexibility index (Phi) is 4.93. The standard InChI is InChI=1S/C16H20N2O/c1-3-17-14(12-13-8-5-4-6-9-13)16-15(19-2)10-7-11-18-16/h4-11,14,17H,3,12H2,1-2H3. The number of nitrogens with zero attached hydrogens (tertiary/aromatic N) is 1. The molecule has 0 fully saturated rings. The van der Waals surface area contributed by atoms with E-state index in [1.165, 1.54) is 5.56 Å². The van der Waals surface area contributed by atoms with Gasteiger partial charge in [0.1, 0.15) is 5.75 Å². The third-order valence-corrected chi connectivity index (χ3v) is 3.08. The van der Waals surface area contributed by atoms with E-state index in [1.54, 1.807) is 7.11 Å². The van der Waals surface area contributed by atoms with Crippen LogP contribution in [0.3, 0.4) is 0 Å². The highest BCUT2D eigenvalue weighted by Gasteiger charge is 2.16. The summed E-state index contributed by atoms with van der Waals surface area (Å²) >= 11 is 0. The Morgan fingerprint density at radius 1 is 1.16 bits per heavy atom. The van der Waals surface area contributed by atoms with Crippen molar-refractivity contribution in [3.63, 3.8) is 0 Å². The van der Waals surface area contributed by atoms with Crippen LogP contribution in [0, 0.1) is 0 Å². The van der Waals surface area contributed by atoms with Crippen LogP contribution in [0.2, 0.25) is 0 Å². The molecule has 1 unspecified atom stereocenters. The van der Waals surface area contributed by atoms with Crippen LogP contribution in [0.15, 0.2) is 48.7 Å². The fourth-order valence-electron chi connectivity index (χ4n) is 2.20. The van der Waals surface area contributed by atoms with Gasteiger partial charge in [-0.3, -0.25) is 4.98 Å². The third kappa shape index (κ3) is 3.55. The third-order valence-electron chi connectivity index (χ3n) is 3.08. The van der Waals surface area contributed by atoms with E-state index in [4.69, 9.17) is 4.74 Å². The zero-order chi connectivity index (χ0) is 13.5. The maximum atomic E-state index is 5.41. The van der Waals surface area contributed by atoms with Crippen molar-refractivity contribution >= 4 is 0 Å². The molecule has 0 radical (unpaired) electrons. The molecule has 1 aromatic heterocycles. The molecule has 19 heavy (non-hydrogen) atoms. The summed E-state index contributed by atoms with van der Waals surface area (Å²) in [5, 5.41) is 3.48. The number of methoxy groups -OCH3 is 1. The molecule has 2 aromatic rings. The van der Waals surface area contributed by atoms with Gasteiger partial charge >= 0.3 is 0 Å². The molecule has 0 bridgehead atoms. The van der Waals surface area contributed by atoms with Crippen LogP contribution in [0.5, 0.6) is 5.75 Å². The molecule has 100 valence electrons. The minimum Gasteiger partial charge on any atom is -0.495 e.